The van der Waals surface area contributed by atoms with Gasteiger partial charge < -0.3 is 19.7 Å². The van der Waals surface area contributed by atoms with E-state index in [1.165, 1.54) is 0 Å². The molecule has 0 saturated carbocycles. The van der Waals surface area contributed by atoms with Crippen LogP contribution in [0.15, 0.2) is 67.3 Å². The van der Waals surface area contributed by atoms with Crippen molar-refractivity contribution in [2.24, 2.45) is 0 Å². The summed E-state index contributed by atoms with van der Waals surface area (Å²) in [6, 6.07) is 12.7. The first-order valence-electron chi connectivity index (χ1n) is 9.87. The Bertz CT molecular complexity index is 949. The second kappa shape index (κ2) is 9.80. The zero-order valence-corrected chi connectivity index (χ0v) is 16.5. The minimum absolute atomic E-state index is 0.0531. The number of anilines is 1. The van der Waals surface area contributed by atoms with E-state index < -0.39 is 0 Å². The molecule has 8 nitrogen and oxygen atoms in total. The molecule has 0 radical (unpaired) electrons. The highest BCUT2D eigenvalue weighted by molar-refractivity contribution is 5.89. The molecule has 1 saturated heterocycles. The number of aromatic nitrogens is 3. The van der Waals surface area contributed by atoms with E-state index in [4.69, 9.17) is 9.47 Å². The van der Waals surface area contributed by atoms with Crippen LogP contribution in [0.3, 0.4) is 0 Å². The maximum Gasteiger partial charge on any atom is 0.322 e. The van der Waals surface area contributed by atoms with Crippen LogP contribution >= 0.6 is 0 Å². The van der Waals surface area contributed by atoms with Gasteiger partial charge in [-0.2, -0.15) is 0 Å². The first-order valence-corrected chi connectivity index (χ1v) is 9.87. The molecule has 3 heterocycles. The van der Waals surface area contributed by atoms with Gasteiger partial charge in [-0.1, -0.05) is 12.1 Å². The maximum atomic E-state index is 13.0. The number of hydrogen-bond donors (Lipinski definition) is 1. The molecule has 3 aromatic rings. The number of nitrogens with zero attached hydrogens (tertiary/aromatic N) is 4. The number of carbonyl (C=O) groups is 1. The summed E-state index contributed by atoms with van der Waals surface area (Å²) in [7, 11) is 0. The highest BCUT2D eigenvalue weighted by Crippen LogP contribution is 2.22. The summed E-state index contributed by atoms with van der Waals surface area (Å²) < 4.78 is 11.4. The molecule has 30 heavy (non-hydrogen) atoms. The fourth-order valence-corrected chi connectivity index (χ4v) is 3.25. The smallest absolute Gasteiger partial charge is 0.322 e. The molecule has 1 N–H and O–H groups in total. The van der Waals surface area contributed by atoms with Gasteiger partial charge in [0.2, 0.25) is 0 Å². The topological polar surface area (TPSA) is 89.5 Å². The van der Waals surface area contributed by atoms with Gasteiger partial charge >= 0.3 is 12.0 Å². The summed E-state index contributed by atoms with van der Waals surface area (Å²) in [4.78, 5) is 27.0. The van der Waals surface area contributed by atoms with Crippen LogP contribution in [-0.4, -0.2) is 45.1 Å². The van der Waals surface area contributed by atoms with E-state index in [0.717, 1.165) is 25.0 Å². The van der Waals surface area contributed by atoms with Gasteiger partial charge in [0, 0.05) is 56.2 Å². The third-order valence-corrected chi connectivity index (χ3v) is 4.67. The molecule has 1 fully saturated rings. The van der Waals surface area contributed by atoms with Gasteiger partial charge in [0.1, 0.15) is 5.75 Å². The maximum absolute atomic E-state index is 13.0. The number of hydrogen-bond acceptors (Lipinski definition) is 6. The van der Waals surface area contributed by atoms with E-state index in [1.807, 2.05) is 18.2 Å². The molecule has 0 unspecified atom stereocenters. The minimum atomic E-state index is -0.206. The van der Waals surface area contributed by atoms with Crippen LogP contribution in [0.4, 0.5) is 10.5 Å². The number of amides is 2. The lowest BCUT2D eigenvalue weighted by atomic mass is 10.2. The Balaban J connectivity index is 1.45. The Labute approximate surface area is 174 Å². The van der Waals surface area contributed by atoms with Gasteiger partial charge in [0.15, 0.2) is 0 Å². The van der Waals surface area contributed by atoms with Gasteiger partial charge in [-0.3, -0.25) is 4.98 Å². The van der Waals surface area contributed by atoms with Gasteiger partial charge in [-0.05, 0) is 42.7 Å². The Morgan fingerprint density at radius 3 is 2.83 bits per heavy atom. The fourth-order valence-electron chi connectivity index (χ4n) is 3.25. The summed E-state index contributed by atoms with van der Waals surface area (Å²) >= 11 is 0. The largest absolute Gasteiger partial charge is 0.424 e. The van der Waals surface area contributed by atoms with Crippen molar-refractivity contribution >= 4 is 11.7 Å². The van der Waals surface area contributed by atoms with Crippen LogP contribution in [0.2, 0.25) is 0 Å². The summed E-state index contributed by atoms with van der Waals surface area (Å²) in [5, 5.41) is 2.95. The monoisotopic (exact) mass is 405 g/mol. The molecule has 1 aliphatic rings. The van der Waals surface area contributed by atoms with Crippen molar-refractivity contribution in [2.75, 3.05) is 18.5 Å². The molecular weight excluding hydrogens is 382 g/mol. The highest BCUT2D eigenvalue weighted by Gasteiger charge is 2.23. The van der Waals surface area contributed by atoms with E-state index >= 15 is 0 Å². The molecule has 2 aromatic heterocycles. The van der Waals surface area contributed by atoms with Crippen molar-refractivity contribution in [1.82, 2.24) is 19.9 Å². The second-order valence-electron chi connectivity index (χ2n) is 6.97. The zero-order valence-electron chi connectivity index (χ0n) is 16.5. The Morgan fingerprint density at radius 2 is 2.07 bits per heavy atom. The molecule has 0 bridgehead atoms. The lowest BCUT2D eigenvalue weighted by molar-refractivity contribution is 0.0819. The van der Waals surface area contributed by atoms with E-state index in [0.29, 0.717) is 24.5 Å². The number of benzene rings is 1. The van der Waals surface area contributed by atoms with Crippen molar-refractivity contribution in [3.8, 4) is 11.8 Å². The van der Waals surface area contributed by atoms with Crippen molar-refractivity contribution in [3.63, 3.8) is 0 Å². The number of pyridine rings is 1. The van der Waals surface area contributed by atoms with Crippen LogP contribution < -0.4 is 10.1 Å². The molecule has 8 heteroatoms. The Morgan fingerprint density at radius 1 is 1.17 bits per heavy atom. The SMILES string of the molecule is O=C(Nc1cccc(Oc2ncccn2)c1)N(Cc1cccnc1)C[C@H]1CCCO1. The number of ether oxygens (including phenoxy) is 2. The third kappa shape index (κ3) is 5.51. The number of rotatable bonds is 7. The standard InChI is InChI=1S/C22H23N5O3/c28-22(26-18-6-1-7-19(13-18)30-21-24-10-4-11-25-21)27(16-20-8-3-12-29-20)15-17-5-2-9-23-14-17/h1-2,4-7,9-11,13-14,20H,3,8,12,15-16H2,(H,26,28)/t20-/m1/s1. The number of carbonyl (C=O) groups excluding carboxylic acids is 1. The summed E-state index contributed by atoms with van der Waals surface area (Å²) in [6.07, 6.45) is 8.73. The van der Waals surface area contributed by atoms with Crippen molar-refractivity contribution in [1.29, 1.82) is 0 Å². The van der Waals surface area contributed by atoms with Crippen molar-refractivity contribution in [2.45, 2.75) is 25.5 Å². The minimum Gasteiger partial charge on any atom is -0.424 e. The summed E-state index contributed by atoms with van der Waals surface area (Å²) in [5.74, 6) is 0.539. The lowest BCUT2D eigenvalue weighted by Crippen LogP contribution is -2.39. The quantitative estimate of drug-likeness (QED) is 0.642. The average Bonchev–Trinajstić information content (AvgIpc) is 3.28. The summed E-state index contributed by atoms with van der Waals surface area (Å²) in [6.45, 7) is 1.72. The highest BCUT2D eigenvalue weighted by atomic mass is 16.5. The van der Waals surface area contributed by atoms with Crippen LogP contribution in [0.5, 0.6) is 11.8 Å². The molecule has 154 valence electrons. The first kappa shape index (κ1) is 19.8. The molecule has 0 spiro atoms. The lowest BCUT2D eigenvalue weighted by Gasteiger charge is -2.26. The molecule has 2 amide bonds. The molecule has 4 rings (SSSR count). The fraction of sp³-hybridized carbons (Fsp3) is 0.273. The zero-order chi connectivity index (χ0) is 20.6. The second-order valence-corrected chi connectivity index (χ2v) is 6.97. The molecule has 1 aromatic carbocycles. The molecule has 0 aliphatic carbocycles. The normalized spacial score (nSPS) is 15.5. The number of urea groups is 1. The van der Waals surface area contributed by atoms with E-state index in [2.05, 4.69) is 20.3 Å². The van der Waals surface area contributed by atoms with Crippen LogP contribution in [-0.2, 0) is 11.3 Å². The van der Waals surface area contributed by atoms with Gasteiger partial charge in [0.25, 0.3) is 0 Å². The average molecular weight is 405 g/mol. The van der Waals surface area contributed by atoms with Crippen molar-refractivity contribution in [3.05, 3.63) is 72.8 Å². The van der Waals surface area contributed by atoms with Crippen LogP contribution in [0.1, 0.15) is 18.4 Å². The van der Waals surface area contributed by atoms with Gasteiger partial charge in [0.05, 0.1) is 6.10 Å². The Kier molecular flexibility index (Phi) is 6.46. The number of nitrogens with one attached hydrogen (secondary N) is 1. The third-order valence-electron chi connectivity index (χ3n) is 4.67. The van der Waals surface area contributed by atoms with Gasteiger partial charge in [-0.15, -0.1) is 0 Å². The molecule has 1 atom stereocenters. The van der Waals surface area contributed by atoms with Crippen molar-refractivity contribution < 1.29 is 14.3 Å². The van der Waals surface area contributed by atoms with E-state index in [-0.39, 0.29) is 18.1 Å². The first-order chi connectivity index (χ1) is 14.8. The molecular formula is C22H23N5O3. The van der Waals surface area contributed by atoms with Gasteiger partial charge in [-0.25, -0.2) is 14.8 Å². The van der Waals surface area contributed by atoms with E-state index in [1.54, 1.807) is 54.0 Å². The predicted octanol–water partition coefficient (Wildman–Crippen LogP) is 3.88. The summed E-state index contributed by atoms with van der Waals surface area (Å²) in [5.41, 5.74) is 1.58. The predicted molar refractivity (Wildman–Crippen MR) is 111 cm³/mol. The van der Waals surface area contributed by atoms with Crippen LogP contribution in [0, 0.1) is 0 Å². The van der Waals surface area contributed by atoms with Crippen LogP contribution in [0.25, 0.3) is 0 Å². The Hall–Kier alpha value is -3.52. The van der Waals surface area contributed by atoms with E-state index in [9.17, 15) is 4.79 Å². The molecule has 1 aliphatic heterocycles.